The summed E-state index contributed by atoms with van der Waals surface area (Å²) in [5.41, 5.74) is -0.168. The molecule has 3 heteroatoms. The van der Waals surface area contributed by atoms with Gasteiger partial charge in [0.15, 0.2) is 0 Å². The highest BCUT2D eigenvalue weighted by molar-refractivity contribution is 4.93. The molecule has 2 aliphatic carbocycles. The molecule has 1 spiro atoms. The maximum absolute atomic E-state index is 10.0. The molecule has 0 aromatic rings. The highest BCUT2D eigenvalue weighted by atomic mass is 16.5. The summed E-state index contributed by atoms with van der Waals surface area (Å²) in [6, 6.07) is 0. The minimum atomic E-state index is -0.402. The summed E-state index contributed by atoms with van der Waals surface area (Å²) in [4.78, 5) is 0. The molecule has 3 aliphatic rings. The second kappa shape index (κ2) is 5.10. The molecule has 0 bridgehead atoms. The van der Waals surface area contributed by atoms with Gasteiger partial charge in [0.25, 0.3) is 0 Å². The van der Waals surface area contributed by atoms with Crippen LogP contribution in [-0.4, -0.2) is 35.5 Å². The van der Waals surface area contributed by atoms with Gasteiger partial charge in [-0.05, 0) is 44.9 Å². The van der Waals surface area contributed by atoms with Gasteiger partial charge in [0.05, 0.1) is 17.3 Å². The summed E-state index contributed by atoms with van der Waals surface area (Å²) < 4.78 is 6.31. The summed E-state index contributed by atoms with van der Waals surface area (Å²) in [5, 5.41) is 13.4. The monoisotopic (exact) mass is 253 g/mol. The van der Waals surface area contributed by atoms with Gasteiger partial charge in [-0.2, -0.15) is 0 Å². The SMILES string of the molecule is OC1(CNCC2CCC3(CCCCC3)O2)CCC1. The van der Waals surface area contributed by atoms with Crippen molar-refractivity contribution >= 4 is 0 Å². The van der Waals surface area contributed by atoms with Crippen molar-refractivity contribution < 1.29 is 9.84 Å². The predicted molar refractivity (Wildman–Crippen MR) is 71.6 cm³/mol. The molecule has 1 saturated heterocycles. The first-order valence-electron chi connectivity index (χ1n) is 7.81. The topological polar surface area (TPSA) is 41.5 Å². The van der Waals surface area contributed by atoms with E-state index in [-0.39, 0.29) is 5.60 Å². The largest absolute Gasteiger partial charge is 0.389 e. The summed E-state index contributed by atoms with van der Waals surface area (Å²) >= 11 is 0. The zero-order valence-corrected chi connectivity index (χ0v) is 11.4. The van der Waals surface area contributed by atoms with Crippen molar-refractivity contribution in [1.29, 1.82) is 0 Å². The average Bonchev–Trinajstić information content (AvgIpc) is 2.71. The Bertz CT molecular complexity index is 282. The summed E-state index contributed by atoms with van der Waals surface area (Å²) in [7, 11) is 0. The van der Waals surface area contributed by atoms with E-state index in [4.69, 9.17) is 4.74 Å². The van der Waals surface area contributed by atoms with E-state index in [9.17, 15) is 5.11 Å². The van der Waals surface area contributed by atoms with E-state index in [1.807, 2.05) is 0 Å². The Morgan fingerprint density at radius 2 is 1.78 bits per heavy atom. The third-order valence-corrected chi connectivity index (χ3v) is 5.21. The zero-order valence-electron chi connectivity index (χ0n) is 11.4. The van der Waals surface area contributed by atoms with Gasteiger partial charge in [0.1, 0.15) is 0 Å². The molecular formula is C15H27NO2. The van der Waals surface area contributed by atoms with Crippen LogP contribution in [0, 0.1) is 0 Å². The molecular weight excluding hydrogens is 226 g/mol. The quantitative estimate of drug-likeness (QED) is 0.808. The van der Waals surface area contributed by atoms with E-state index in [2.05, 4.69) is 5.32 Å². The average molecular weight is 253 g/mol. The second-order valence-electron chi connectivity index (χ2n) is 6.73. The van der Waals surface area contributed by atoms with Gasteiger partial charge >= 0.3 is 0 Å². The third kappa shape index (κ3) is 2.73. The molecule has 0 radical (unpaired) electrons. The minimum absolute atomic E-state index is 0.234. The fraction of sp³-hybridized carbons (Fsp3) is 1.00. The van der Waals surface area contributed by atoms with E-state index in [1.54, 1.807) is 0 Å². The molecule has 1 heterocycles. The van der Waals surface area contributed by atoms with Gasteiger partial charge in [-0.15, -0.1) is 0 Å². The van der Waals surface area contributed by atoms with Gasteiger partial charge in [-0.25, -0.2) is 0 Å². The molecule has 1 aliphatic heterocycles. The smallest absolute Gasteiger partial charge is 0.0771 e. The van der Waals surface area contributed by atoms with E-state index in [0.29, 0.717) is 6.10 Å². The Morgan fingerprint density at radius 3 is 2.44 bits per heavy atom. The van der Waals surface area contributed by atoms with Crippen LogP contribution in [0.25, 0.3) is 0 Å². The first-order valence-corrected chi connectivity index (χ1v) is 7.81. The minimum Gasteiger partial charge on any atom is -0.389 e. The first-order chi connectivity index (χ1) is 8.70. The lowest BCUT2D eigenvalue weighted by Crippen LogP contribution is -2.47. The van der Waals surface area contributed by atoms with Crippen LogP contribution in [0.3, 0.4) is 0 Å². The molecule has 104 valence electrons. The van der Waals surface area contributed by atoms with E-state index < -0.39 is 5.60 Å². The van der Waals surface area contributed by atoms with Gasteiger partial charge in [-0.1, -0.05) is 19.3 Å². The van der Waals surface area contributed by atoms with Crippen LogP contribution >= 0.6 is 0 Å². The lowest BCUT2D eigenvalue weighted by atomic mass is 9.80. The molecule has 3 rings (SSSR count). The fourth-order valence-electron chi connectivity index (χ4n) is 3.83. The number of hydrogen-bond acceptors (Lipinski definition) is 3. The second-order valence-corrected chi connectivity index (χ2v) is 6.73. The highest BCUT2D eigenvalue weighted by Crippen LogP contribution is 2.41. The molecule has 2 saturated carbocycles. The Morgan fingerprint density at radius 1 is 1.00 bits per heavy atom. The molecule has 3 nitrogen and oxygen atoms in total. The van der Waals surface area contributed by atoms with Crippen molar-refractivity contribution in [2.24, 2.45) is 0 Å². The Kier molecular flexibility index (Phi) is 3.65. The molecule has 0 aromatic heterocycles. The highest BCUT2D eigenvalue weighted by Gasteiger charge is 2.41. The lowest BCUT2D eigenvalue weighted by molar-refractivity contribution is -0.0671. The molecule has 18 heavy (non-hydrogen) atoms. The number of ether oxygens (including phenoxy) is 1. The maximum atomic E-state index is 10.0. The molecule has 3 fully saturated rings. The first kappa shape index (κ1) is 12.9. The van der Waals surface area contributed by atoms with Crippen LogP contribution < -0.4 is 5.32 Å². The van der Waals surface area contributed by atoms with Gasteiger partial charge in [0, 0.05) is 13.1 Å². The molecule has 0 amide bonds. The standard InChI is InChI=1S/C15H27NO2/c17-14(6-4-7-14)12-16-11-13-5-10-15(18-13)8-2-1-3-9-15/h13,16-17H,1-12H2. The van der Waals surface area contributed by atoms with Crippen molar-refractivity contribution in [2.45, 2.75) is 81.5 Å². The predicted octanol–water partition coefficient (Wildman–Crippen LogP) is 2.37. The van der Waals surface area contributed by atoms with Crippen LogP contribution in [0.2, 0.25) is 0 Å². The Labute approximate surface area is 110 Å². The number of hydrogen-bond donors (Lipinski definition) is 2. The van der Waals surface area contributed by atoms with Gasteiger partial charge in [0.2, 0.25) is 0 Å². The Hall–Kier alpha value is -0.120. The van der Waals surface area contributed by atoms with Crippen molar-refractivity contribution in [1.82, 2.24) is 5.32 Å². The van der Waals surface area contributed by atoms with Crippen LogP contribution in [-0.2, 0) is 4.74 Å². The molecule has 0 aromatic carbocycles. The molecule has 1 unspecified atom stereocenters. The zero-order chi connectivity index (χ0) is 12.5. The fourth-order valence-corrected chi connectivity index (χ4v) is 3.83. The van der Waals surface area contributed by atoms with Crippen molar-refractivity contribution in [2.75, 3.05) is 13.1 Å². The molecule has 2 N–H and O–H groups in total. The third-order valence-electron chi connectivity index (χ3n) is 5.21. The maximum Gasteiger partial charge on any atom is 0.0771 e. The van der Waals surface area contributed by atoms with Crippen molar-refractivity contribution in [3.63, 3.8) is 0 Å². The van der Waals surface area contributed by atoms with Crippen LogP contribution in [0.15, 0.2) is 0 Å². The number of aliphatic hydroxyl groups is 1. The van der Waals surface area contributed by atoms with Crippen molar-refractivity contribution in [3.8, 4) is 0 Å². The van der Waals surface area contributed by atoms with Crippen LogP contribution in [0.4, 0.5) is 0 Å². The van der Waals surface area contributed by atoms with E-state index >= 15 is 0 Å². The normalized spacial score (nSPS) is 33.5. The van der Waals surface area contributed by atoms with Gasteiger partial charge in [-0.3, -0.25) is 0 Å². The van der Waals surface area contributed by atoms with E-state index in [0.717, 1.165) is 25.9 Å². The number of nitrogens with one attached hydrogen (secondary N) is 1. The van der Waals surface area contributed by atoms with Gasteiger partial charge < -0.3 is 15.2 Å². The lowest BCUT2D eigenvalue weighted by Gasteiger charge is -2.37. The van der Waals surface area contributed by atoms with E-state index in [1.165, 1.54) is 51.4 Å². The Balaban J connectivity index is 1.39. The van der Waals surface area contributed by atoms with Crippen LogP contribution in [0.5, 0.6) is 0 Å². The summed E-state index contributed by atoms with van der Waals surface area (Å²) in [6.07, 6.45) is 12.6. The number of rotatable bonds is 4. The van der Waals surface area contributed by atoms with Crippen molar-refractivity contribution in [3.05, 3.63) is 0 Å². The summed E-state index contributed by atoms with van der Waals surface area (Å²) in [6.45, 7) is 1.67. The van der Waals surface area contributed by atoms with Crippen LogP contribution in [0.1, 0.15) is 64.2 Å². The summed E-state index contributed by atoms with van der Waals surface area (Å²) in [5.74, 6) is 0. The molecule has 1 atom stereocenters.